The van der Waals surface area contributed by atoms with Gasteiger partial charge in [0.2, 0.25) is 0 Å². The fourth-order valence-corrected chi connectivity index (χ4v) is 1.94. The molecule has 0 aliphatic heterocycles. The van der Waals surface area contributed by atoms with Gasteiger partial charge in [0.1, 0.15) is 0 Å². The molecule has 102 valence electrons. The first kappa shape index (κ1) is 13.7. The van der Waals surface area contributed by atoms with Crippen molar-refractivity contribution in [3.05, 3.63) is 41.2 Å². The van der Waals surface area contributed by atoms with Crippen LogP contribution < -0.4 is 5.32 Å². The number of hydrogen-bond donors (Lipinski definition) is 1. The molecular formula is C15H22N4. The molecular weight excluding hydrogens is 236 g/mol. The van der Waals surface area contributed by atoms with Crippen molar-refractivity contribution in [2.45, 2.75) is 46.7 Å². The molecule has 0 aliphatic carbocycles. The summed E-state index contributed by atoms with van der Waals surface area (Å²) in [4.78, 5) is 0. The quantitative estimate of drug-likeness (QED) is 0.920. The van der Waals surface area contributed by atoms with Crippen molar-refractivity contribution in [2.75, 3.05) is 0 Å². The van der Waals surface area contributed by atoms with E-state index < -0.39 is 0 Å². The van der Waals surface area contributed by atoms with Crippen molar-refractivity contribution in [1.82, 2.24) is 20.3 Å². The molecule has 0 spiro atoms. The number of benzene rings is 1. The largest absolute Gasteiger partial charge is 0.306 e. The van der Waals surface area contributed by atoms with Crippen LogP contribution in [0.1, 0.15) is 37.6 Å². The standard InChI is InChI=1S/C15H22N4/c1-11-6-12(2)8-14(7-11)19-10-13(17-18-19)9-16-15(3,4)5/h6-8,10,16H,9H2,1-5H3. The molecule has 0 saturated heterocycles. The zero-order chi connectivity index (χ0) is 14.0. The highest BCUT2D eigenvalue weighted by molar-refractivity contribution is 5.38. The molecule has 1 N–H and O–H groups in total. The normalized spacial score (nSPS) is 11.8. The second kappa shape index (κ2) is 5.13. The van der Waals surface area contributed by atoms with E-state index in [1.807, 2.05) is 10.9 Å². The smallest absolute Gasteiger partial charge is 0.0969 e. The molecule has 2 aromatic rings. The molecule has 4 heteroatoms. The summed E-state index contributed by atoms with van der Waals surface area (Å²) in [6, 6.07) is 6.38. The van der Waals surface area contributed by atoms with Crippen LogP contribution in [0.5, 0.6) is 0 Å². The highest BCUT2D eigenvalue weighted by atomic mass is 15.4. The molecule has 2 rings (SSSR count). The van der Waals surface area contributed by atoms with Gasteiger partial charge in [-0.25, -0.2) is 4.68 Å². The maximum absolute atomic E-state index is 4.21. The Bertz CT molecular complexity index is 544. The summed E-state index contributed by atoms with van der Waals surface area (Å²) >= 11 is 0. The van der Waals surface area contributed by atoms with Crippen LogP contribution in [-0.4, -0.2) is 20.5 Å². The third-order valence-electron chi connectivity index (χ3n) is 2.81. The van der Waals surface area contributed by atoms with Crippen LogP contribution in [0.25, 0.3) is 5.69 Å². The van der Waals surface area contributed by atoms with E-state index in [4.69, 9.17) is 0 Å². The second-order valence-electron chi connectivity index (χ2n) is 6.10. The van der Waals surface area contributed by atoms with Crippen molar-refractivity contribution >= 4 is 0 Å². The van der Waals surface area contributed by atoms with Gasteiger partial charge in [-0.15, -0.1) is 5.10 Å². The van der Waals surface area contributed by atoms with Crippen molar-refractivity contribution < 1.29 is 0 Å². The Labute approximate surface area is 114 Å². The van der Waals surface area contributed by atoms with Gasteiger partial charge in [0.25, 0.3) is 0 Å². The first-order valence-electron chi connectivity index (χ1n) is 6.58. The molecule has 0 radical (unpaired) electrons. The van der Waals surface area contributed by atoms with Crippen molar-refractivity contribution in [2.24, 2.45) is 0 Å². The van der Waals surface area contributed by atoms with Crippen LogP contribution in [0.4, 0.5) is 0 Å². The van der Waals surface area contributed by atoms with E-state index in [-0.39, 0.29) is 5.54 Å². The van der Waals surface area contributed by atoms with Gasteiger partial charge in [-0.3, -0.25) is 0 Å². The Balaban J connectivity index is 2.16. The SMILES string of the molecule is Cc1cc(C)cc(-n2cc(CNC(C)(C)C)nn2)c1. The summed E-state index contributed by atoms with van der Waals surface area (Å²) in [5.41, 5.74) is 4.57. The highest BCUT2D eigenvalue weighted by Crippen LogP contribution is 2.13. The lowest BCUT2D eigenvalue weighted by molar-refractivity contribution is 0.421. The Morgan fingerprint density at radius 1 is 1.11 bits per heavy atom. The molecule has 19 heavy (non-hydrogen) atoms. The number of aromatic nitrogens is 3. The predicted octanol–water partition coefficient (Wildman–Crippen LogP) is 2.77. The predicted molar refractivity (Wildman–Crippen MR) is 77.4 cm³/mol. The Morgan fingerprint density at radius 2 is 1.74 bits per heavy atom. The third kappa shape index (κ3) is 3.89. The Kier molecular flexibility index (Phi) is 3.71. The zero-order valence-electron chi connectivity index (χ0n) is 12.4. The summed E-state index contributed by atoms with van der Waals surface area (Å²) in [6.07, 6.45) is 1.98. The minimum atomic E-state index is 0.0870. The van der Waals surface area contributed by atoms with Gasteiger partial charge in [-0.05, 0) is 57.9 Å². The lowest BCUT2D eigenvalue weighted by Crippen LogP contribution is -2.35. The van der Waals surface area contributed by atoms with Gasteiger partial charge >= 0.3 is 0 Å². The van der Waals surface area contributed by atoms with Crippen LogP contribution in [0.15, 0.2) is 24.4 Å². The second-order valence-corrected chi connectivity index (χ2v) is 6.10. The third-order valence-corrected chi connectivity index (χ3v) is 2.81. The number of hydrogen-bond acceptors (Lipinski definition) is 3. The van der Waals surface area contributed by atoms with Gasteiger partial charge in [-0.1, -0.05) is 11.3 Å². The molecule has 1 heterocycles. The summed E-state index contributed by atoms with van der Waals surface area (Å²) < 4.78 is 1.83. The molecule has 0 aliphatic rings. The lowest BCUT2D eigenvalue weighted by atomic mass is 10.1. The van der Waals surface area contributed by atoms with Gasteiger partial charge in [0.15, 0.2) is 0 Å². The van der Waals surface area contributed by atoms with E-state index in [1.54, 1.807) is 0 Å². The Hall–Kier alpha value is -1.68. The first-order chi connectivity index (χ1) is 8.83. The van der Waals surface area contributed by atoms with Crippen LogP contribution >= 0.6 is 0 Å². The van der Waals surface area contributed by atoms with Crippen molar-refractivity contribution in [3.63, 3.8) is 0 Å². The molecule has 4 nitrogen and oxygen atoms in total. The molecule has 0 saturated carbocycles. The average molecular weight is 258 g/mol. The van der Waals surface area contributed by atoms with E-state index in [1.165, 1.54) is 11.1 Å². The van der Waals surface area contributed by atoms with Crippen LogP contribution in [0.2, 0.25) is 0 Å². The summed E-state index contributed by atoms with van der Waals surface area (Å²) in [7, 11) is 0. The number of aryl methyl sites for hydroxylation is 2. The summed E-state index contributed by atoms with van der Waals surface area (Å²) in [5.74, 6) is 0. The first-order valence-corrected chi connectivity index (χ1v) is 6.58. The maximum Gasteiger partial charge on any atom is 0.0969 e. The van der Waals surface area contributed by atoms with Crippen molar-refractivity contribution in [3.8, 4) is 5.69 Å². The Morgan fingerprint density at radius 3 is 2.32 bits per heavy atom. The number of nitrogens with zero attached hydrogens (tertiary/aromatic N) is 3. The average Bonchev–Trinajstić information content (AvgIpc) is 2.72. The van der Waals surface area contributed by atoms with Crippen LogP contribution in [0.3, 0.4) is 0 Å². The highest BCUT2D eigenvalue weighted by Gasteiger charge is 2.10. The van der Waals surface area contributed by atoms with Gasteiger partial charge in [0, 0.05) is 12.1 Å². The molecule has 1 aromatic carbocycles. The molecule has 0 fully saturated rings. The van der Waals surface area contributed by atoms with Crippen LogP contribution in [0, 0.1) is 13.8 Å². The van der Waals surface area contributed by atoms with Crippen LogP contribution in [-0.2, 0) is 6.54 Å². The molecule has 0 amide bonds. The minimum Gasteiger partial charge on any atom is -0.306 e. The molecule has 0 bridgehead atoms. The molecule has 1 aromatic heterocycles. The minimum absolute atomic E-state index is 0.0870. The summed E-state index contributed by atoms with van der Waals surface area (Å²) in [6.45, 7) is 11.3. The maximum atomic E-state index is 4.21. The van der Waals surface area contributed by atoms with E-state index in [9.17, 15) is 0 Å². The zero-order valence-corrected chi connectivity index (χ0v) is 12.4. The van der Waals surface area contributed by atoms with Crippen molar-refractivity contribution in [1.29, 1.82) is 0 Å². The summed E-state index contributed by atoms with van der Waals surface area (Å²) in [5, 5.41) is 11.8. The topological polar surface area (TPSA) is 42.7 Å². The van der Waals surface area contributed by atoms with E-state index in [0.29, 0.717) is 0 Å². The van der Waals surface area contributed by atoms with Gasteiger partial charge in [-0.2, -0.15) is 0 Å². The molecule has 0 unspecified atom stereocenters. The van der Waals surface area contributed by atoms with Gasteiger partial charge in [0.05, 0.1) is 17.6 Å². The fourth-order valence-electron chi connectivity index (χ4n) is 1.94. The lowest BCUT2D eigenvalue weighted by Gasteiger charge is -2.19. The van der Waals surface area contributed by atoms with E-state index >= 15 is 0 Å². The number of nitrogens with one attached hydrogen (secondary N) is 1. The van der Waals surface area contributed by atoms with Gasteiger partial charge < -0.3 is 5.32 Å². The molecule has 0 atom stereocenters. The van der Waals surface area contributed by atoms with E-state index in [2.05, 4.69) is 68.4 Å². The monoisotopic (exact) mass is 258 g/mol. The fraction of sp³-hybridized carbons (Fsp3) is 0.467. The van der Waals surface area contributed by atoms with E-state index in [0.717, 1.165) is 17.9 Å². The number of rotatable bonds is 3.